The van der Waals surface area contributed by atoms with Crippen LogP contribution in [0, 0.1) is 6.92 Å². The van der Waals surface area contributed by atoms with Crippen LogP contribution in [0.5, 0.6) is 0 Å². The van der Waals surface area contributed by atoms with Crippen LogP contribution >= 0.6 is 22.7 Å². The molecule has 26 heavy (non-hydrogen) atoms. The molecule has 2 aliphatic heterocycles. The molecule has 7 heteroatoms. The lowest BCUT2D eigenvalue weighted by Crippen LogP contribution is -2.50. The number of carbonyl (C=O) groups excluding carboxylic acids is 1. The third-order valence-corrected chi connectivity index (χ3v) is 7.50. The summed E-state index contributed by atoms with van der Waals surface area (Å²) < 4.78 is 0. The van der Waals surface area contributed by atoms with Crippen LogP contribution in [-0.4, -0.2) is 77.9 Å². The van der Waals surface area contributed by atoms with Crippen molar-refractivity contribution in [1.29, 1.82) is 0 Å². The van der Waals surface area contributed by atoms with Gasteiger partial charge in [0, 0.05) is 39.3 Å². The number of aryl methyl sites for hydroxylation is 1. The molecule has 0 aromatic carbocycles. The van der Waals surface area contributed by atoms with E-state index in [1.807, 2.05) is 17.9 Å². The summed E-state index contributed by atoms with van der Waals surface area (Å²) in [5.74, 6) is 0.155. The van der Waals surface area contributed by atoms with Gasteiger partial charge in [0.15, 0.2) is 0 Å². The van der Waals surface area contributed by atoms with E-state index in [0.29, 0.717) is 0 Å². The van der Waals surface area contributed by atoms with E-state index < -0.39 is 0 Å². The van der Waals surface area contributed by atoms with Gasteiger partial charge in [-0.05, 0) is 44.3 Å². The molecule has 0 atom stereocenters. The highest BCUT2D eigenvalue weighted by molar-refractivity contribution is 7.22. The first-order valence-corrected chi connectivity index (χ1v) is 11.2. The van der Waals surface area contributed by atoms with Crippen LogP contribution in [-0.2, 0) is 0 Å². The number of nitrogens with zero attached hydrogens (tertiary/aromatic N) is 4. The number of aromatic nitrogens is 1. The summed E-state index contributed by atoms with van der Waals surface area (Å²) in [5.41, 5.74) is 0.861. The van der Waals surface area contributed by atoms with E-state index in [0.717, 1.165) is 53.2 Å². The fourth-order valence-electron chi connectivity index (χ4n) is 3.71. The van der Waals surface area contributed by atoms with Crippen molar-refractivity contribution in [1.82, 2.24) is 19.7 Å². The summed E-state index contributed by atoms with van der Waals surface area (Å²) in [5, 5.41) is 3.01. The molecule has 1 amide bonds. The van der Waals surface area contributed by atoms with Crippen molar-refractivity contribution in [3.05, 3.63) is 28.1 Å². The summed E-state index contributed by atoms with van der Waals surface area (Å²) in [6, 6.07) is 4.09. The zero-order chi connectivity index (χ0) is 17.9. The Labute approximate surface area is 163 Å². The Kier molecular flexibility index (Phi) is 5.69. The van der Waals surface area contributed by atoms with Crippen LogP contribution in [0.4, 0.5) is 0 Å². The van der Waals surface area contributed by atoms with Crippen molar-refractivity contribution in [2.24, 2.45) is 0 Å². The van der Waals surface area contributed by atoms with Gasteiger partial charge >= 0.3 is 0 Å². The predicted octanol–water partition coefficient (Wildman–Crippen LogP) is 3.03. The van der Waals surface area contributed by atoms with E-state index >= 15 is 0 Å². The van der Waals surface area contributed by atoms with Crippen LogP contribution in [0.2, 0.25) is 0 Å². The number of carbonyl (C=O) groups is 1. The average Bonchev–Trinajstić information content (AvgIpc) is 3.41. The maximum atomic E-state index is 13.0. The first-order chi connectivity index (χ1) is 12.7. The highest BCUT2D eigenvalue weighted by atomic mass is 32.1. The largest absolute Gasteiger partial charge is 0.335 e. The monoisotopic (exact) mass is 390 g/mol. The molecule has 0 spiro atoms. The minimum absolute atomic E-state index is 0.155. The van der Waals surface area contributed by atoms with Crippen molar-refractivity contribution in [3.63, 3.8) is 0 Å². The smallest absolute Gasteiger partial charge is 0.265 e. The van der Waals surface area contributed by atoms with Crippen molar-refractivity contribution < 1.29 is 4.79 Å². The topological polar surface area (TPSA) is 39.7 Å². The summed E-state index contributed by atoms with van der Waals surface area (Å²) in [4.78, 5) is 26.6. The van der Waals surface area contributed by atoms with Gasteiger partial charge in [0.1, 0.15) is 9.88 Å². The number of hydrogen-bond donors (Lipinski definition) is 0. The van der Waals surface area contributed by atoms with Crippen molar-refractivity contribution in [3.8, 4) is 9.88 Å². The maximum absolute atomic E-state index is 13.0. The van der Waals surface area contributed by atoms with Crippen LogP contribution in [0.1, 0.15) is 28.2 Å². The van der Waals surface area contributed by atoms with E-state index in [1.165, 1.54) is 43.8 Å². The molecule has 0 radical (unpaired) electrons. The predicted molar refractivity (Wildman–Crippen MR) is 108 cm³/mol. The standard InChI is InChI=1S/C19H26N4OS2/c1-15-17(26-18(20-15)16-5-4-14-25-16)19(24)23-12-10-22(11-13-23)9-8-21-6-2-3-7-21/h4-5,14H,2-3,6-13H2,1H3. The molecule has 0 aliphatic carbocycles. The van der Waals surface area contributed by atoms with Gasteiger partial charge in [0.25, 0.3) is 5.91 Å². The average molecular weight is 391 g/mol. The van der Waals surface area contributed by atoms with Crippen LogP contribution in [0.15, 0.2) is 17.5 Å². The minimum Gasteiger partial charge on any atom is -0.335 e. The molecule has 0 unspecified atom stereocenters. The number of amides is 1. The van der Waals surface area contributed by atoms with Gasteiger partial charge in [-0.1, -0.05) is 6.07 Å². The number of piperazine rings is 1. The summed E-state index contributed by atoms with van der Waals surface area (Å²) in [6.07, 6.45) is 2.70. The molecule has 2 aliphatic rings. The summed E-state index contributed by atoms with van der Waals surface area (Å²) in [6.45, 7) is 10.4. The highest BCUT2D eigenvalue weighted by Crippen LogP contribution is 2.31. The number of hydrogen-bond acceptors (Lipinski definition) is 6. The quantitative estimate of drug-likeness (QED) is 0.787. The lowest BCUT2D eigenvalue weighted by Gasteiger charge is -2.35. The Morgan fingerprint density at radius 3 is 2.42 bits per heavy atom. The first-order valence-electron chi connectivity index (χ1n) is 9.46. The van der Waals surface area contributed by atoms with Gasteiger partial charge in [-0.2, -0.15) is 0 Å². The molecule has 4 rings (SSSR count). The summed E-state index contributed by atoms with van der Waals surface area (Å²) >= 11 is 3.21. The molecular formula is C19H26N4OS2. The fourth-order valence-corrected chi connectivity index (χ4v) is 5.54. The first kappa shape index (κ1) is 18.1. The van der Waals surface area contributed by atoms with Crippen molar-refractivity contribution >= 4 is 28.6 Å². The van der Waals surface area contributed by atoms with E-state index in [4.69, 9.17) is 0 Å². The molecule has 0 bridgehead atoms. The second kappa shape index (κ2) is 8.17. The second-order valence-electron chi connectivity index (χ2n) is 7.09. The highest BCUT2D eigenvalue weighted by Gasteiger charge is 2.26. The molecule has 2 aromatic heterocycles. The van der Waals surface area contributed by atoms with Crippen molar-refractivity contribution in [2.75, 3.05) is 52.4 Å². The van der Waals surface area contributed by atoms with Gasteiger partial charge in [0.2, 0.25) is 0 Å². The SMILES string of the molecule is Cc1nc(-c2cccs2)sc1C(=O)N1CCN(CCN2CCCC2)CC1. The normalized spacial score (nSPS) is 19.3. The fraction of sp³-hybridized carbons (Fsp3) is 0.579. The Bertz CT molecular complexity index is 729. The zero-order valence-corrected chi connectivity index (χ0v) is 16.9. The molecule has 4 heterocycles. The Morgan fingerprint density at radius 1 is 1.08 bits per heavy atom. The molecule has 140 valence electrons. The molecule has 2 aromatic rings. The van der Waals surface area contributed by atoms with E-state index in [9.17, 15) is 4.79 Å². The second-order valence-corrected chi connectivity index (χ2v) is 9.04. The zero-order valence-electron chi connectivity index (χ0n) is 15.3. The molecule has 5 nitrogen and oxygen atoms in total. The third-order valence-electron chi connectivity index (χ3n) is 5.31. The molecule has 2 fully saturated rings. The minimum atomic E-state index is 0.155. The Hall–Kier alpha value is -1.28. The molecular weight excluding hydrogens is 364 g/mol. The molecule has 2 saturated heterocycles. The van der Waals surface area contributed by atoms with E-state index in [-0.39, 0.29) is 5.91 Å². The lowest BCUT2D eigenvalue weighted by atomic mass is 10.2. The van der Waals surface area contributed by atoms with Gasteiger partial charge in [0.05, 0.1) is 10.6 Å². The van der Waals surface area contributed by atoms with E-state index in [2.05, 4.69) is 26.2 Å². The van der Waals surface area contributed by atoms with E-state index in [1.54, 1.807) is 11.3 Å². The van der Waals surface area contributed by atoms with Gasteiger partial charge < -0.3 is 9.80 Å². The van der Waals surface area contributed by atoms with Gasteiger partial charge in [-0.15, -0.1) is 22.7 Å². The summed E-state index contributed by atoms with van der Waals surface area (Å²) in [7, 11) is 0. The van der Waals surface area contributed by atoms with Crippen LogP contribution in [0.3, 0.4) is 0 Å². The Morgan fingerprint density at radius 2 is 1.77 bits per heavy atom. The van der Waals surface area contributed by atoms with Gasteiger partial charge in [-0.25, -0.2) is 4.98 Å². The third kappa shape index (κ3) is 4.01. The maximum Gasteiger partial charge on any atom is 0.265 e. The van der Waals surface area contributed by atoms with Gasteiger partial charge in [-0.3, -0.25) is 9.69 Å². The number of rotatable bonds is 5. The van der Waals surface area contributed by atoms with Crippen molar-refractivity contribution in [2.45, 2.75) is 19.8 Å². The lowest BCUT2D eigenvalue weighted by molar-refractivity contribution is 0.0630. The number of likely N-dealkylation sites (tertiary alicyclic amines) is 1. The van der Waals surface area contributed by atoms with Crippen LogP contribution in [0.25, 0.3) is 9.88 Å². The molecule has 0 N–H and O–H groups in total. The molecule has 0 saturated carbocycles. The number of thiophene rings is 1. The number of thiazole rings is 1. The van der Waals surface area contributed by atoms with Crippen LogP contribution < -0.4 is 0 Å². The Balaban J connectivity index is 1.32.